The fourth-order valence-corrected chi connectivity index (χ4v) is 5.90. The highest BCUT2D eigenvalue weighted by atomic mass is 31.2. The van der Waals surface area contributed by atoms with E-state index in [1.54, 1.807) is 0 Å². The number of quaternary nitrogens is 1. The van der Waals surface area contributed by atoms with Crippen molar-refractivity contribution in [1.82, 2.24) is 0 Å². The average Bonchev–Trinajstić information content (AvgIpc) is 2.67. The summed E-state index contributed by atoms with van der Waals surface area (Å²) in [6, 6.07) is 0. The summed E-state index contributed by atoms with van der Waals surface area (Å²) in [5.74, 6) is -0.335. The van der Waals surface area contributed by atoms with Gasteiger partial charge in [-0.1, -0.05) is 83.8 Å². The van der Waals surface area contributed by atoms with Crippen LogP contribution >= 0.6 is 7.60 Å². The van der Waals surface area contributed by atoms with E-state index in [0.29, 0.717) is 17.5 Å². The summed E-state index contributed by atoms with van der Waals surface area (Å²) in [6.07, 6.45) is 24.0. The van der Waals surface area contributed by atoms with E-state index in [9.17, 15) is 9.46 Å². The van der Waals surface area contributed by atoms with Gasteiger partial charge in [0.2, 0.25) is 0 Å². The monoisotopic (exact) mass is 446 g/mol. The quantitative estimate of drug-likeness (QED) is 0.0839. The molecule has 0 fully saturated rings. The lowest BCUT2D eigenvalue weighted by atomic mass is 10.1. The van der Waals surface area contributed by atoms with Crippen LogP contribution in [0.15, 0.2) is 12.2 Å². The minimum absolute atomic E-state index is 0.335. The zero-order valence-corrected chi connectivity index (χ0v) is 21.8. The largest absolute Gasteiger partial charge is 0.385 e. The zero-order valence-electron chi connectivity index (χ0n) is 20.9. The Labute approximate surface area is 188 Å². The van der Waals surface area contributed by atoms with Crippen molar-refractivity contribution >= 4 is 7.60 Å². The highest BCUT2D eigenvalue weighted by Crippen LogP contribution is 2.51. The number of rotatable bonds is 21. The molecule has 0 amide bonds. The fraction of sp³-hybridized carbons (Fsp3) is 0.920. The van der Waals surface area contributed by atoms with Crippen LogP contribution < -0.4 is 0 Å². The molecule has 0 aromatic heterocycles. The number of nitrogens with zero attached hydrogens (tertiary/aromatic N) is 1. The molecule has 0 heterocycles. The van der Waals surface area contributed by atoms with Crippen LogP contribution in [0.5, 0.6) is 0 Å². The predicted molar refractivity (Wildman–Crippen MR) is 132 cm³/mol. The molecular formula is C25H53NO3P+. The lowest BCUT2D eigenvalue weighted by Crippen LogP contribution is -2.45. The molecule has 1 N–H and O–H groups in total. The molecule has 0 saturated carbocycles. The molecule has 0 aromatic rings. The van der Waals surface area contributed by atoms with E-state index in [1.807, 2.05) is 21.1 Å². The second-order valence-corrected chi connectivity index (χ2v) is 11.7. The van der Waals surface area contributed by atoms with E-state index >= 15 is 0 Å². The molecule has 0 aromatic carbocycles. The van der Waals surface area contributed by atoms with Gasteiger partial charge < -0.3 is 13.9 Å². The highest BCUT2D eigenvalue weighted by Gasteiger charge is 2.41. The lowest BCUT2D eigenvalue weighted by molar-refractivity contribution is -0.883. The van der Waals surface area contributed by atoms with Crippen molar-refractivity contribution in [2.75, 3.05) is 27.7 Å². The van der Waals surface area contributed by atoms with Crippen molar-refractivity contribution < 1.29 is 18.5 Å². The molecule has 0 aliphatic carbocycles. The molecule has 0 spiro atoms. The van der Waals surface area contributed by atoms with Crippen LogP contribution in [-0.2, 0) is 9.09 Å². The van der Waals surface area contributed by atoms with Crippen LogP contribution in [0, 0.1) is 0 Å². The Hall–Kier alpha value is -0.150. The standard InChI is InChI=1S/C25H52NO3P/c1-6-8-9-10-11-12-13-14-15-16-17-18-19-20-21-22-24-29-30(27,28)25(23-7-2)26(3,4)5/h12-13,25H,6-11,14-24H2,1-5H3/p+1/b13-12-. The molecule has 0 bridgehead atoms. The number of hydrogen-bond donors (Lipinski definition) is 1. The van der Waals surface area contributed by atoms with Crippen LogP contribution in [0.2, 0.25) is 0 Å². The first kappa shape index (κ1) is 29.9. The van der Waals surface area contributed by atoms with Crippen molar-refractivity contribution in [2.45, 2.75) is 122 Å². The van der Waals surface area contributed by atoms with Gasteiger partial charge in [0.15, 0.2) is 5.78 Å². The summed E-state index contributed by atoms with van der Waals surface area (Å²) in [4.78, 5) is 10.4. The van der Waals surface area contributed by atoms with Gasteiger partial charge in [-0.3, -0.25) is 4.57 Å². The molecule has 2 unspecified atom stereocenters. The first-order valence-corrected chi connectivity index (χ1v) is 14.3. The molecule has 2 atom stereocenters. The summed E-state index contributed by atoms with van der Waals surface area (Å²) >= 11 is 0. The maximum atomic E-state index is 12.6. The lowest BCUT2D eigenvalue weighted by Gasteiger charge is -2.35. The van der Waals surface area contributed by atoms with Crippen molar-refractivity contribution in [3.05, 3.63) is 12.2 Å². The first-order chi connectivity index (χ1) is 14.3. The molecule has 0 radical (unpaired) electrons. The Bertz CT molecular complexity index is 460. The Morgan fingerprint density at radius 3 is 1.70 bits per heavy atom. The fourth-order valence-electron chi connectivity index (χ4n) is 3.88. The van der Waals surface area contributed by atoms with Crippen LogP contribution in [0.3, 0.4) is 0 Å². The number of unbranched alkanes of at least 4 members (excludes halogenated alkanes) is 12. The summed E-state index contributed by atoms with van der Waals surface area (Å²) < 4.78 is 18.6. The Balaban J connectivity index is 3.59. The minimum Gasteiger partial charge on any atom is -0.320 e. The molecule has 0 saturated heterocycles. The van der Waals surface area contributed by atoms with Gasteiger partial charge in [0, 0.05) is 6.42 Å². The van der Waals surface area contributed by atoms with Gasteiger partial charge in [-0.05, 0) is 38.5 Å². The molecule has 30 heavy (non-hydrogen) atoms. The van der Waals surface area contributed by atoms with E-state index in [-0.39, 0.29) is 5.78 Å². The third-order valence-corrected chi connectivity index (χ3v) is 8.01. The van der Waals surface area contributed by atoms with E-state index in [1.165, 1.54) is 77.0 Å². The van der Waals surface area contributed by atoms with Gasteiger partial charge in [0.1, 0.15) is 0 Å². The summed E-state index contributed by atoms with van der Waals surface area (Å²) in [5, 5.41) is 0. The Kier molecular flexibility index (Phi) is 18.3. The molecule has 4 nitrogen and oxygen atoms in total. The van der Waals surface area contributed by atoms with E-state index in [2.05, 4.69) is 26.0 Å². The van der Waals surface area contributed by atoms with Gasteiger partial charge in [0.05, 0.1) is 27.7 Å². The van der Waals surface area contributed by atoms with E-state index in [4.69, 9.17) is 4.52 Å². The van der Waals surface area contributed by atoms with Crippen molar-refractivity contribution in [3.8, 4) is 0 Å². The number of allylic oxidation sites excluding steroid dienone is 2. The third-order valence-electron chi connectivity index (χ3n) is 5.75. The van der Waals surface area contributed by atoms with Gasteiger partial charge in [-0.15, -0.1) is 0 Å². The maximum absolute atomic E-state index is 12.6. The van der Waals surface area contributed by atoms with Gasteiger partial charge in [-0.2, -0.15) is 0 Å². The minimum atomic E-state index is -3.56. The van der Waals surface area contributed by atoms with Crippen LogP contribution in [-0.4, -0.2) is 42.9 Å². The van der Waals surface area contributed by atoms with Crippen LogP contribution in [0.4, 0.5) is 0 Å². The van der Waals surface area contributed by atoms with Crippen LogP contribution in [0.25, 0.3) is 0 Å². The smallest absolute Gasteiger partial charge is 0.320 e. The van der Waals surface area contributed by atoms with E-state index < -0.39 is 7.60 Å². The Morgan fingerprint density at radius 1 is 0.767 bits per heavy atom. The summed E-state index contributed by atoms with van der Waals surface area (Å²) in [5.41, 5.74) is 0. The summed E-state index contributed by atoms with van der Waals surface area (Å²) in [7, 11) is 2.35. The average molecular weight is 447 g/mol. The number of hydrogen-bond acceptors (Lipinski definition) is 2. The van der Waals surface area contributed by atoms with Crippen molar-refractivity contribution in [2.24, 2.45) is 0 Å². The van der Waals surface area contributed by atoms with Crippen molar-refractivity contribution in [3.63, 3.8) is 0 Å². The van der Waals surface area contributed by atoms with Gasteiger partial charge in [0.25, 0.3) is 0 Å². The van der Waals surface area contributed by atoms with Gasteiger partial charge >= 0.3 is 7.60 Å². The van der Waals surface area contributed by atoms with Gasteiger partial charge in [-0.25, -0.2) is 0 Å². The highest BCUT2D eigenvalue weighted by molar-refractivity contribution is 7.53. The van der Waals surface area contributed by atoms with E-state index in [0.717, 1.165) is 19.3 Å². The molecular weight excluding hydrogens is 393 g/mol. The molecule has 0 rings (SSSR count). The predicted octanol–water partition coefficient (Wildman–Crippen LogP) is 8.06. The normalized spacial score (nSPS) is 15.5. The summed E-state index contributed by atoms with van der Waals surface area (Å²) in [6.45, 7) is 4.71. The second kappa shape index (κ2) is 18.4. The molecule has 5 heteroatoms. The molecule has 180 valence electrons. The second-order valence-electron chi connectivity index (χ2n) is 9.72. The topological polar surface area (TPSA) is 46.5 Å². The van der Waals surface area contributed by atoms with Crippen molar-refractivity contribution in [1.29, 1.82) is 0 Å². The zero-order chi connectivity index (χ0) is 22.7. The van der Waals surface area contributed by atoms with Crippen LogP contribution in [0.1, 0.15) is 117 Å². The molecule has 0 aliphatic heterocycles. The maximum Gasteiger partial charge on any atom is 0.385 e. The Morgan fingerprint density at radius 2 is 1.23 bits per heavy atom. The first-order valence-electron chi connectivity index (χ1n) is 12.7. The SMILES string of the molecule is CCCCCC/C=C\CCCCCCCCCCOP(=O)(O)C(CCC)[N+](C)(C)C. The third kappa shape index (κ3) is 16.5. The molecule has 0 aliphatic rings.